The molecule has 4 heteroatoms. The summed E-state index contributed by atoms with van der Waals surface area (Å²) in [5.41, 5.74) is -0.249. The van der Waals surface area contributed by atoms with Crippen LogP contribution in [0.1, 0.15) is 33.1 Å². The second kappa shape index (κ2) is 6.77. The van der Waals surface area contributed by atoms with E-state index >= 15 is 0 Å². The van der Waals surface area contributed by atoms with E-state index in [-0.39, 0.29) is 11.7 Å². The van der Waals surface area contributed by atoms with Crippen LogP contribution in [0, 0.1) is 5.41 Å². The van der Waals surface area contributed by atoms with E-state index in [4.69, 9.17) is 14.2 Å². The molecule has 1 rings (SSSR count). The van der Waals surface area contributed by atoms with Crippen molar-refractivity contribution >= 4 is 5.97 Å². The van der Waals surface area contributed by atoms with Gasteiger partial charge < -0.3 is 14.2 Å². The maximum absolute atomic E-state index is 11.0. The third-order valence-electron chi connectivity index (χ3n) is 2.76. The minimum Gasteiger partial charge on any atom is -0.462 e. The lowest BCUT2D eigenvalue weighted by Gasteiger charge is -2.36. The first-order valence-electron chi connectivity index (χ1n) is 6.12. The first-order valence-corrected chi connectivity index (χ1v) is 6.12. The van der Waals surface area contributed by atoms with Crippen molar-refractivity contribution in [1.29, 1.82) is 0 Å². The number of esters is 1. The predicted molar refractivity (Wildman–Crippen MR) is 64.5 cm³/mol. The first-order chi connectivity index (χ1) is 8.09. The highest BCUT2D eigenvalue weighted by Crippen LogP contribution is 2.26. The second-order valence-corrected chi connectivity index (χ2v) is 4.82. The summed E-state index contributed by atoms with van der Waals surface area (Å²) in [4.78, 5) is 11.0. The third kappa shape index (κ3) is 4.88. The summed E-state index contributed by atoms with van der Waals surface area (Å²) in [6.45, 7) is 8.91. The van der Waals surface area contributed by atoms with Crippen LogP contribution in [0.3, 0.4) is 0 Å². The molecule has 1 fully saturated rings. The zero-order valence-electron chi connectivity index (χ0n) is 10.7. The van der Waals surface area contributed by atoms with Gasteiger partial charge in [-0.3, -0.25) is 0 Å². The van der Waals surface area contributed by atoms with Crippen LogP contribution in [0.25, 0.3) is 0 Å². The molecule has 0 aromatic heterocycles. The molecule has 1 aliphatic heterocycles. The van der Waals surface area contributed by atoms with Crippen LogP contribution in [0.2, 0.25) is 0 Å². The summed E-state index contributed by atoms with van der Waals surface area (Å²) < 4.78 is 16.3. The fourth-order valence-electron chi connectivity index (χ4n) is 1.60. The number of unbranched alkanes of at least 4 members (excludes halogenated alkanes) is 1. The van der Waals surface area contributed by atoms with E-state index in [0.717, 1.165) is 25.3 Å². The highest BCUT2D eigenvalue weighted by Gasteiger charge is 2.33. The fraction of sp³-hybridized carbons (Fsp3) is 0.769. The average molecular weight is 242 g/mol. The molecule has 0 aliphatic carbocycles. The standard InChI is InChI=1S/C13H22O4/c1-4-6-7-12-16-9-13(3,10-17-12)8-15-11(14)5-2/h5,12H,2,4,6-10H2,1,3H3. The highest BCUT2D eigenvalue weighted by atomic mass is 16.7. The zero-order chi connectivity index (χ0) is 12.7. The van der Waals surface area contributed by atoms with Crippen LogP contribution in [0.5, 0.6) is 0 Å². The van der Waals surface area contributed by atoms with Crippen molar-refractivity contribution in [3.63, 3.8) is 0 Å². The lowest BCUT2D eigenvalue weighted by Crippen LogP contribution is -2.43. The van der Waals surface area contributed by atoms with E-state index in [9.17, 15) is 4.79 Å². The van der Waals surface area contributed by atoms with Gasteiger partial charge in [0.2, 0.25) is 0 Å². The Labute approximate surface area is 103 Å². The Hall–Kier alpha value is -0.870. The molecule has 4 nitrogen and oxygen atoms in total. The summed E-state index contributed by atoms with van der Waals surface area (Å²) in [5.74, 6) is -0.403. The van der Waals surface area contributed by atoms with E-state index < -0.39 is 5.97 Å². The van der Waals surface area contributed by atoms with Crippen molar-refractivity contribution in [1.82, 2.24) is 0 Å². The van der Waals surface area contributed by atoms with Gasteiger partial charge >= 0.3 is 5.97 Å². The second-order valence-electron chi connectivity index (χ2n) is 4.82. The number of hydrogen-bond donors (Lipinski definition) is 0. The van der Waals surface area contributed by atoms with Crippen LogP contribution in [0.4, 0.5) is 0 Å². The molecule has 98 valence electrons. The number of rotatable bonds is 6. The Bertz CT molecular complexity index is 254. The quantitative estimate of drug-likeness (QED) is 0.529. The van der Waals surface area contributed by atoms with Crippen molar-refractivity contribution in [2.24, 2.45) is 5.41 Å². The summed E-state index contributed by atoms with van der Waals surface area (Å²) in [6, 6.07) is 0. The van der Waals surface area contributed by atoms with E-state index in [0.29, 0.717) is 19.8 Å². The van der Waals surface area contributed by atoms with Gasteiger partial charge in [-0.2, -0.15) is 0 Å². The van der Waals surface area contributed by atoms with Crippen LogP contribution in [-0.2, 0) is 19.0 Å². The largest absolute Gasteiger partial charge is 0.462 e. The number of hydrogen-bond acceptors (Lipinski definition) is 4. The van der Waals surface area contributed by atoms with Crippen molar-refractivity contribution in [3.8, 4) is 0 Å². The molecule has 1 saturated heterocycles. The lowest BCUT2D eigenvalue weighted by molar-refractivity contribution is -0.236. The minimum absolute atomic E-state index is 0.0990. The SMILES string of the molecule is C=CC(=O)OCC1(C)COC(CCCC)OC1. The molecule has 0 amide bonds. The molecule has 0 radical (unpaired) electrons. The van der Waals surface area contributed by atoms with E-state index in [1.165, 1.54) is 0 Å². The van der Waals surface area contributed by atoms with Crippen molar-refractivity contribution in [2.45, 2.75) is 39.4 Å². The molecule has 0 bridgehead atoms. The molecule has 0 unspecified atom stereocenters. The van der Waals surface area contributed by atoms with Crippen molar-refractivity contribution in [3.05, 3.63) is 12.7 Å². The Morgan fingerprint density at radius 3 is 2.71 bits per heavy atom. The van der Waals surface area contributed by atoms with Gasteiger partial charge in [-0.05, 0) is 12.8 Å². The maximum Gasteiger partial charge on any atom is 0.330 e. The molecule has 1 aliphatic rings. The van der Waals surface area contributed by atoms with Gasteiger partial charge in [0.15, 0.2) is 6.29 Å². The van der Waals surface area contributed by atoms with Crippen LogP contribution >= 0.6 is 0 Å². The van der Waals surface area contributed by atoms with E-state index in [1.54, 1.807) is 0 Å². The smallest absolute Gasteiger partial charge is 0.330 e. The molecular formula is C13H22O4. The molecule has 1 heterocycles. The molecule has 0 aromatic carbocycles. The third-order valence-corrected chi connectivity index (χ3v) is 2.76. The maximum atomic E-state index is 11.0. The molecule has 0 aromatic rings. The Balaban J connectivity index is 2.28. The van der Waals surface area contributed by atoms with Gasteiger partial charge in [0.25, 0.3) is 0 Å². The summed E-state index contributed by atoms with van der Waals surface area (Å²) >= 11 is 0. The van der Waals surface area contributed by atoms with Gasteiger partial charge in [0, 0.05) is 11.5 Å². The zero-order valence-corrected chi connectivity index (χ0v) is 10.7. The van der Waals surface area contributed by atoms with Crippen molar-refractivity contribution in [2.75, 3.05) is 19.8 Å². The molecule has 0 spiro atoms. The average Bonchev–Trinajstić information content (AvgIpc) is 2.35. The van der Waals surface area contributed by atoms with Gasteiger partial charge in [-0.25, -0.2) is 4.79 Å². The van der Waals surface area contributed by atoms with Crippen molar-refractivity contribution < 1.29 is 19.0 Å². The van der Waals surface area contributed by atoms with E-state index in [2.05, 4.69) is 13.5 Å². The normalized spacial score (nSPS) is 28.7. The number of carbonyl (C=O) groups excluding carboxylic acids is 1. The predicted octanol–water partition coefficient (Wildman–Crippen LogP) is 2.29. The lowest BCUT2D eigenvalue weighted by atomic mass is 9.93. The molecular weight excluding hydrogens is 220 g/mol. The summed E-state index contributed by atoms with van der Waals surface area (Å²) in [5, 5.41) is 0. The van der Waals surface area contributed by atoms with Crippen LogP contribution in [0.15, 0.2) is 12.7 Å². The van der Waals surface area contributed by atoms with Crippen LogP contribution in [-0.4, -0.2) is 32.1 Å². The molecule has 17 heavy (non-hydrogen) atoms. The van der Waals surface area contributed by atoms with Gasteiger partial charge in [0.05, 0.1) is 13.2 Å². The van der Waals surface area contributed by atoms with E-state index in [1.807, 2.05) is 6.92 Å². The van der Waals surface area contributed by atoms with Crippen LogP contribution < -0.4 is 0 Å². The van der Waals surface area contributed by atoms with Gasteiger partial charge in [-0.1, -0.05) is 26.8 Å². The number of carbonyl (C=O) groups is 1. The molecule has 0 N–H and O–H groups in total. The van der Waals surface area contributed by atoms with Gasteiger partial charge in [0.1, 0.15) is 6.61 Å². The molecule has 0 saturated carbocycles. The Morgan fingerprint density at radius 2 is 2.18 bits per heavy atom. The molecule has 0 atom stereocenters. The monoisotopic (exact) mass is 242 g/mol. The fourth-order valence-corrected chi connectivity index (χ4v) is 1.60. The summed E-state index contributed by atoms with van der Waals surface area (Å²) in [7, 11) is 0. The first kappa shape index (κ1) is 14.2. The number of ether oxygens (including phenoxy) is 3. The topological polar surface area (TPSA) is 44.8 Å². The Kier molecular flexibility index (Phi) is 5.65. The highest BCUT2D eigenvalue weighted by molar-refractivity contribution is 5.81. The Morgan fingerprint density at radius 1 is 1.53 bits per heavy atom. The minimum atomic E-state index is -0.403. The summed E-state index contributed by atoms with van der Waals surface area (Å²) in [6.07, 6.45) is 4.24. The van der Waals surface area contributed by atoms with Gasteiger partial charge in [-0.15, -0.1) is 0 Å².